The number of benzene rings is 1. The second kappa shape index (κ2) is 5.45. The third-order valence-corrected chi connectivity index (χ3v) is 2.42. The molecule has 0 amide bonds. The van der Waals surface area contributed by atoms with Crippen LogP contribution in [0, 0.1) is 6.92 Å². The van der Waals surface area contributed by atoms with Crippen LogP contribution in [0.15, 0.2) is 18.2 Å². The summed E-state index contributed by atoms with van der Waals surface area (Å²) in [5.74, 6) is -0.109. The van der Waals surface area contributed by atoms with Gasteiger partial charge < -0.3 is 4.74 Å². The van der Waals surface area contributed by atoms with Crippen LogP contribution in [0.3, 0.4) is 0 Å². The molecule has 0 radical (unpaired) electrons. The summed E-state index contributed by atoms with van der Waals surface area (Å²) in [6.45, 7) is 3.51. The largest absolute Gasteiger partial charge is 0.469 e. The molecule has 86 valence electrons. The van der Waals surface area contributed by atoms with Crippen LogP contribution in [0.25, 0.3) is 0 Å². The van der Waals surface area contributed by atoms with Crippen molar-refractivity contribution in [3.8, 4) is 0 Å². The summed E-state index contributed by atoms with van der Waals surface area (Å²) in [5.41, 5.74) is 2.97. The second-order valence-corrected chi connectivity index (χ2v) is 3.89. The number of hydrogen-bond acceptors (Lipinski definition) is 3. The Kier molecular flexibility index (Phi) is 4.23. The van der Waals surface area contributed by atoms with Crippen LogP contribution >= 0.6 is 0 Å². The van der Waals surface area contributed by atoms with E-state index < -0.39 is 0 Å². The third kappa shape index (κ3) is 3.50. The van der Waals surface area contributed by atoms with Crippen LogP contribution < -0.4 is 0 Å². The second-order valence-electron chi connectivity index (χ2n) is 3.89. The van der Waals surface area contributed by atoms with E-state index in [9.17, 15) is 9.59 Å². The third-order valence-electron chi connectivity index (χ3n) is 2.42. The van der Waals surface area contributed by atoms with E-state index in [0.717, 1.165) is 16.7 Å². The van der Waals surface area contributed by atoms with Crippen molar-refractivity contribution in [2.45, 2.75) is 26.7 Å². The van der Waals surface area contributed by atoms with Gasteiger partial charge in [-0.1, -0.05) is 18.2 Å². The van der Waals surface area contributed by atoms with Gasteiger partial charge in [0.15, 0.2) is 0 Å². The Labute approximate surface area is 95.4 Å². The Hall–Kier alpha value is -1.64. The lowest BCUT2D eigenvalue weighted by molar-refractivity contribution is -0.139. The summed E-state index contributed by atoms with van der Waals surface area (Å²) in [4.78, 5) is 22.1. The maximum absolute atomic E-state index is 11.1. The Morgan fingerprint density at radius 1 is 1.25 bits per heavy atom. The summed E-state index contributed by atoms with van der Waals surface area (Å²) in [6.07, 6.45) is 0.724. The number of aryl methyl sites for hydroxylation is 1. The first kappa shape index (κ1) is 12.4. The molecule has 0 heterocycles. The fourth-order valence-corrected chi connectivity index (χ4v) is 1.57. The van der Waals surface area contributed by atoms with Gasteiger partial charge in [-0.3, -0.25) is 9.59 Å². The lowest BCUT2D eigenvalue weighted by atomic mass is 10.00. The minimum Gasteiger partial charge on any atom is -0.469 e. The molecule has 0 aliphatic heterocycles. The van der Waals surface area contributed by atoms with Crippen LogP contribution in [0.2, 0.25) is 0 Å². The van der Waals surface area contributed by atoms with E-state index in [2.05, 4.69) is 4.74 Å². The SMILES string of the molecule is COC(=O)Cc1ccc(CC(C)=O)c(C)c1. The van der Waals surface area contributed by atoms with Gasteiger partial charge in [-0.05, 0) is 30.5 Å². The molecule has 0 spiro atoms. The zero-order valence-corrected chi connectivity index (χ0v) is 9.87. The monoisotopic (exact) mass is 220 g/mol. The number of methoxy groups -OCH3 is 1. The predicted molar refractivity (Wildman–Crippen MR) is 61.3 cm³/mol. The molecule has 3 nitrogen and oxygen atoms in total. The number of ether oxygens (including phenoxy) is 1. The van der Waals surface area contributed by atoms with Gasteiger partial charge in [-0.25, -0.2) is 0 Å². The molecule has 0 aliphatic rings. The smallest absolute Gasteiger partial charge is 0.309 e. The van der Waals surface area contributed by atoms with E-state index in [0.29, 0.717) is 6.42 Å². The van der Waals surface area contributed by atoms with Gasteiger partial charge in [0.1, 0.15) is 5.78 Å². The van der Waals surface area contributed by atoms with Crippen LogP contribution in [0.1, 0.15) is 23.6 Å². The van der Waals surface area contributed by atoms with Gasteiger partial charge in [0, 0.05) is 6.42 Å². The quantitative estimate of drug-likeness (QED) is 0.727. The summed E-state index contributed by atoms with van der Waals surface area (Å²) >= 11 is 0. The molecule has 16 heavy (non-hydrogen) atoms. The van der Waals surface area contributed by atoms with Crippen molar-refractivity contribution < 1.29 is 14.3 Å². The van der Waals surface area contributed by atoms with E-state index in [4.69, 9.17) is 0 Å². The number of carbonyl (C=O) groups excluding carboxylic acids is 2. The Morgan fingerprint density at radius 2 is 1.94 bits per heavy atom. The van der Waals surface area contributed by atoms with Gasteiger partial charge >= 0.3 is 5.97 Å². The van der Waals surface area contributed by atoms with E-state index in [1.54, 1.807) is 6.92 Å². The highest BCUT2D eigenvalue weighted by atomic mass is 16.5. The lowest BCUT2D eigenvalue weighted by Gasteiger charge is -2.06. The van der Waals surface area contributed by atoms with Crippen LogP contribution in [-0.2, 0) is 27.2 Å². The average Bonchev–Trinajstić information content (AvgIpc) is 2.21. The minimum atomic E-state index is -0.251. The number of ketones is 1. The van der Waals surface area contributed by atoms with Gasteiger partial charge in [0.25, 0.3) is 0 Å². The van der Waals surface area contributed by atoms with Crippen molar-refractivity contribution in [3.05, 3.63) is 34.9 Å². The zero-order chi connectivity index (χ0) is 12.1. The van der Waals surface area contributed by atoms with Crippen molar-refractivity contribution in [1.82, 2.24) is 0 Å². The number of rotatable bonds is 4. The molecule has 0 saturated carbocycles. The predicted octanol–water partition coefficient (Wildman–Crippen LogP) is 1.84. The summed E-state index contributed by atoms with van der Waals surface area (Å²) < 4.78 is 4.60. The average molecular weight is 220 g/mol. The molecule has 0 unspecified atom stereocenters. The van der Waals surface area contributed by atoms with E-state index in [-0.39, 0.29) is 18.2 Å². The first-order valence-corrected chi connectivity index (χ1v) is 5.17. The van der Waals surface area contributed by atoms with Gasteiger partial charge in [0.05, 0.1) is 13.5 Å². The van der Waals surface area contributed by atoms with Crippen molar-refractivity contribution >= 4 is 11.8 Å². The molecule has 0 saturated heterocycles. The van der Waals surface area contributed by atoms with Crippen molar-refractivity contribution in [1.29, 1.82) is 0 Å². The molecule has 1 aromatic rings. The summed E-state index contributed by atoms with van der Waals surface area (Å²) in [5, 5.41) is 0. The van der Waals surface area contributed by atoms with Crippen molar-refractivity contribution in [2.75, 3.05) is 7.11 Å². The van der Waals surface area contributed by atoms with Crippen LogP contribution in [-0.4, -0.2) is 18.9 Å². The Morgan fingerprint density at radius 3 is 2.44 bits per heavy atom. The number of carbonyl (C=O) groups is 2. The fourth-order valence-electron chi connectivity index (χ4n) is 1.57. The highest BCUT2D eigenvalue weighted by molar-refractivity contribution is 5.78. The summed E-state index contributed by atoms with van der Waals surface area (Å²) in [6, 6.07) is 5.69. The zero-order valence-electron chi connectivity index (χ0n) is 9.87. The molecule has 0 aromatic heterocycles. The molecule has 1 rings (SSSR count). The number of hydrogen-bond donors (Lipinski definition) is 0. The molecule has 0 atom stereocenters. The first-order chi connectivity index (χ1) is 7.52. The van der Waals surface area contributed by atoms with Crippen molar-refractivity contribution in [2.24, 2.45) is 0 Å². The Bertz CT molecular complexity index is 408. The molecule has 0 N–H and O–H groups in total. The molecular weight excluding hydrogens is 204 g/mol. The first-order valence-electron chi connectivity index (χ1n) is 5.17. The Balaban J connectivity index is 2.82. The number of esters is 1. The standard InChI is InChI=1S/C13H16O3/c1-9-6-11(8-13(15)16-3)4-5-12(9)7-10(2)14/h4-6H,7-8H2,1-3H3. The van der Waals surface area contributed by atoms with E-state index in [1.807, 2.05) is 25.1 Å². The van der Waals surface area contributed by atoms with Gasteiger partial charge in [0.2, 0.25) is 0 Å². The number of Topliss-reactive ketones (excluding diaryl/α,β-unsaturated/α-hetero) is 1. The maximum atomic E-state index is 11.1. The minimum absolute atomic E-state index is 0.142. The van der Waals surface area contributed by atoms with Gasteiger partial charge in [-0.15, -0.1) is 0 Å². The lowest BCUT2D eigenvalue weighted by Crippen LogP contribution is -2.05. The molecule has 3 heteroatoms. The summed E-state index contributed by atoms with van der Waals surface area (Å²) in [7, 11) is 1.37. The molecular formula is C13H16O3. The molecule has 1 aromatic carbocycles. The maximum Gasteiger partial charge on any atom is 0.309 e. The molecule has 0 fully saturated rings. The highest BCUT2D eigenvalue weighted by Gasteiger charge is 2.06. The normalized spacial score (nSPS) is 9.94. The van der Waals surface area contributed by atoms with Crippen molar-refractivity contribution in [3.63, 3.8) is 0 Å². The van der Waals surface area contributed by atoms with Gasteiger partial charge in [-0.2, -0.15) is 0 Å². The van der Waals surface area contributed by atoms with Crippen LogP contribution in [0.5, 0.6) is 0 Å². The van der Waals surface area contributed by atoms with Crippen LogP contribution in [0.4, 0.5) is 0 Å². The van der Waals surface area contributed by atoms with E-state index >= 15 is 0 Å². The van der Waals surface area contributed by atoms with E-state index in [1.165, 1.54) is 7.11 Å². The fraction of sp³-hybridized carbons (Fsp3) is 0.385. The highest BCUT2D eigenvalue weighted by Crippen LogP contribution is 2.13. The molecule has 0 aliphatic carbocycles. The molecule has 0 bridgehead atoms. The topological polar surface area (TPSA) is 43.4 Å².